The van der Waals surface area contributed by atoms with Crippen molar-refractivity contribution in [3.8, 4) is 0 Å². The van der Waals surface area contributed by atoms with E-state index in [0.717, 1.165) is 18.5 Å². The van der Waals surface area contributed by atoms with E-state index in [9.17, 15) is 13.2 Å². The maximum atomic E-state index is 12.7. The molecule has 1 heterocycles. The molecule has 0 aliphatic carbocycles. The Bertz CT molecular complexity index is 975. The van der Waals surface area contributed by atoms with Crippen molar-refractivity contribution in [1.82, 2.24) is 5.32 Å². The van der Waals surface area contributed by atoms with Crippen molar-refractivity contribution in [3.63, 3.8) is 0 Å². The van der Waals surface area contributed by atoms with Crippen molar-refractivity contribution in [2.45, 2.75) is 50.5 Å². The smallest absolute Gasteiger partial charge is 0.261 e. The number of hydrogen-bond donors (Lipinski definition) is 3. The number of amides is 1. The molecule has 1 aliphatic rings. The minimum atomic E-state index is -3.77. The number of benzene rings is 2. The highest BCUT2D eigenvalue weighted by Gasteiger charge is 2.21. The molecule has 162 valence electrons. The summed E-state index contributed by atoms with van der Waals surface area (Å²) in [4.78, 5) is 14.2. The summed E-state index contributed by atoms with van der Waals surface area (Å²) in [6.45, 7) is 7.05. The van der Waals surface area contributed by atoms with Crippen LogP contribution in [0.1, 0.15) is 48.5 Å². The number of anilines is 1. The maximum Gasteiger partial charge on any atom is 0.261 e. The lowest BCUT2D eigenvalue weighted by atomic mass is 10.0. The van der Waals surface area contributed by atoms with Crippen LogP contribution in [0.15, 0.2) is 53.4 Å². The molecular formula is C23H32N3O3S+. The van der Waals surface area contributed by atoms with Gasteiger partial charge in [0.2, 0.25) is 0 Å². The summed E-state index contributed by atoms with van der Waals surface area (Å²) in [7, 11) is -3.77. The monoisotopic (exact) mass is 430 g/mol. The van der Waals surface area contributed by atoms with E-state index in [4.69, 9.17) is 0 Å². The molecule has 7 heteroatoms. The average molecular weight is 431 g/mol. The van der Waals surface area contributed by atoms with Crippen molar-refractivity contribution in [1.29, 1.82) is 0 Å². The Balaban J connectivity index is 1.56. The third kappa shape index (κ3) is 6.06. The molecule has 2 atom stereocenters. The Labute approximate surface area is 179 Å². The molecule has 30 heavy (non-hydrogen) atoms. The number of nitrogens with one attached hydrogen (secondary N) is 3. The van der Waals surface area contributed by atoms with Crippen LogP contribution in [-0.2, 0) is 10.0 Å². The number of aryl methyl sites for hydroxylation is 1. The summed E-state index contributed by atoms with van der Waals surface area (Å²) >= 11 is 0. The number of sulfonamides is 1. The van der Waals surface area contributed by atoms with Gasteiger partial charge in [-0.1, -0.05) is 18.2 Å². The van der Waals surface area contributed by atoms with Crippen LogP contribution in [-0.4, -0.2) is 40.0 Å². The molecular weight excluding hydrogens is 398 g/mol. The number of carbonyl (C=O) groups excluding carboxylic acids is 1. The van der Waals surface area contributed by atoms with E-state index in [0.29, 0.717) is 23.8 Å². The second-order valence-electron chi connectivity index (χ2n) is 8.17. The Morgan fingerprint density at radius 3 is 2.70 bits per heavy atom. The molecule has 0 radical (unpaired) electrons. The first-order valence-corrected chi connectivity index (χ1v) is 12.2. The van der Waals surface area contributed by atoms with Crippen molar-refractivity contribution >= 4 is 21.6 Å². The lowest BCUT2D eigenvalue weighted by molar-refractivity contribution is -0.928. The number of piperidine rings is 1. The third-order valence-electron chi connectivity index (χ3n) is 5.72. The minimum Gasteiger partial charge on any atom is -0.352 e. The van der Waals surface area contributed by atoms with Gasteiger partial charge in [0.05, 0.1) is 24.0 Å². The van der Waals surface area contributed by atoms with Crippen LogP contribution in [0.25, 0.3) is 0 Å². The third-order valence-corrected chi connectivity index (χ3v) is 7.10. The molecule has 2 aromatic rings. The molecule has 0 bridgehead atoms. The van der Waals surface area contributed by atoms with Crippen molar-refractivity contribution < 1.29 is 18.1 Å². The van der Waals surface area contributed by atoms with E-state index in [1.54, 1.807) is 35.2 Å². The predicted molar refractivity (Wildman–Crippen MR) is 119 cm³/mol. The molecule has 0 spiro atoms. The highest BCUT2D eigenvalue weighted by molar-refractivity contribution is 7.92. The fourth-order valence-electron chi connectivity index (χ4n) is 3.97. The first-order chi connectivity index (χ1) is 14.3. The van der Waals surface area contributed by atoms with Crippen LogP contribution in [0.4, 0.5) is 5.69 Å². The van der Waals surface area contributed by atoms with Crippen LogP contribution in [0, 0.1) is 6.92 Å². The van der Waals surface area contributed by atoms with E-state index in [2.05, 4.69) is 17.0 Å². The van der Waals surface area contributed by atoms with Crippen LogP contribution in [0.3, 0.4) is 0 Å². The van der Waals surface area contributed by atoms with Gasteiger partial charge in [-0.3, -0.25) is 9.52 Å². The Kier molecular flexibility index (Phi) is 7.50. The van der Waals surface area contributed by atoms with Gasteiger partial charge in [-0.15, -0.1) is 0 Å². The first-order valence-electron chi connectivity index (χ1n) is 10.7. The standard InChI is InChI=1S/C23H31N3O3S/c1-18-8-5-11-21(16-18)25-30(28,29)22-12-6-10-20(17-22)23(27)24-13-7-15-26-14-4-3-9-19(26)2/h5-6,8,10-12,16-17,19,25H,3-4,7,9,13-15H2,1-2H3,(H,24,27)/p+1/t19-/m1/s1. The molecule has 1 unspecified atom stereocenters. The van der Waals surface area contributed by atoms with E-state index in [1.807, 2.05) is 13.0 Å². The van der Waals surface area contributed by atoms with Gasteiger partial charge in [0.15, 0.2) is 0 Å². The van der Waals surface area contributed by atoms with Gasteiger partial charge in [0.1, 0.15) is 0 Å². The van der Waals surface area contributed by atoms with Gasteiger partial charge in [0, 0.05) is 24.2 Å². The van der Waals surface area contributed by atoms with E-state index < -0.39 is 10.0 Å². The zero-order valence-corrected chi connectivity index (χ0v) is 18.6. The van der Waals surface area contributed by atoms with Crippen LogP contribution in [0.5, 0.6) is 0 Å². The molecule has 1 saturated heterocycles. The second-order valence-corrected chi connectivity index (χ2v) is 9.85. The Morgan fingerprint density at radius 2 is 1.93 bits per heavy atom. The van der Waals surface area contributed by atoms with Crippen molar-refractivity contribution in [2.75, 3.05) is 24.4 Å². The van der Waals surface area contributed by atoms with Gasteiger partial charge < -0.3 is 10.2 Å². The molecule has 3 rings (SSSR count). The topological polar surface area (TPSA) is 79.7 Å². The quantitative estimate of drug-likeness (QED) is 0.563. The first kappa shape index (κ1) is 22.3. The summed E-state index contributed by atoms with van der Waals surface area (Å²) in [5.74, 6) is -0.246. The molecule has 6 nitrogen and oxygen atoms in total. The van der Waals surface area contributed by atoms with Crippen molar-refractivity contribution in [3.05, 3.63) is 59.7 Å². The fourth-order valence-corrected chi connectivity index (χ4v) is 5.07. The number of carbonyl (C=O) groups is 1. The summed E-state index contributed by atoms with van der Waals surface area (Å²) in [5, 5.41) is 2.92. The van der Waals surface area contributed by atoms with Crippen LogP contribution >= 0.6 is 0 Å². The number of quaternary nitrogens is 1. The average Bonchev–Trinajstić information content (AvgIpc) is 2.72. The largest absolute Gasteiger partial charge is 0.352 e. The minimum absolute atomic E-state index is 0.0724. The number of hydrogen-bond acceptors (Lipinski definition) is 3. The zero-order chi connectivity index (χ0) is 21.6. The molecule has 3 N–H and O–H groups in total. The van der Waals surface area contributed by atoms with Crippen LogP contribution < -0.4 is 14.9 Å². The molecule has 1 aliphatic heterocycles. The normalized spacial score (nSPS) is 19.3. The maximum absolute atomic E-state index is 12.7. The Hall–Kier alpha value is -2.38. The van der Waals surface area contributed by atoms with Gasteiger partial charge in [-0.2, -0.15) is 0 Å². The second kappa shape index (κ2) is 10.1. The van der Waals surface area contributed by atoms with Gasteiger partial charge >= 0.3 is 0 Å². The lowest BCUT2D eigenvalue weighted by Gasteiger charge is -2.30. The molecule has 2 aromatic carbocycles. The van der Waals surface area contributed by atoms with Gasteiger partial charge in [-0.25, -0.2) is 8.42 Å². The summed E-state index contributed by atoms with van der Waals surface area (Å²) in [5.41, 5.74) is 1.81. The highest BCUT2D eigenvalue weighted by atomic mass is 32.2. The lowest BCUT2D eigenvalue weighted by Crippen LogP contribution is -3.16. The molecule has 1 amide bonds. The van der Waals surface area contributed by atoms with Crippen molar-refractivity contribution in [2.24, 2.45) is 0 Å². The summed E-state index contributed by atoms with van der Waals surface area (Å²) in [6, 6.07) is 14.0. The predicted octanol–water partition coefficient (Wildman–Crippen LogP) is 2.37. The van der Waals surface area contributed by atoms with E-state index in [-0.39, 0.29) is 10.8 Å². The van der Waals surface area contributed by atoms with E-state index >= 15 is 0 Å². The fraction of sp³-hybridized carbons (Fsp3) is 0.435. The van der Waals surface area contributed by atoms with E-state index in [1.165, 1.54) is 37.9 Å². The molecule has 0 saturated carbocycles. The highest BCUT2D eigenvalue weighted by Crippen LogP contribution is 2.18. The zero-order valence-electron chi connectivity index (χ0n) is 17.8. The van der Waals surface area contributed by atoms with Gasteiger partial charge in [-0.05, 0) is 69.0 Å². The molecule has 1 fully saturated rings. The molecule has 0 aromatic heterocycles. The SMILES string of the molecule is Cc1cccc(NS(=O)(=O)c2cccc(C(=O)NCCC[NH+]3CCCC[C@H]3C)c2)c1. The van der Waals surface area contributed by atoms with Gasteiger partial charge in [0.25, 0.3) is 15.9 Å². The summed E-state index contributed by atoms with van der Waals surface area (Å²) < 4.78 is 28.0. The number of rotatable bonds is 8. The van der Waals surface area contributed by atoms with Crippen LogP contribution in [0.2, 0.25) is 0 Å². The summed E-state index contributed by atoms with van der Waals surface area (Å²) in [6.07, 6.45) is 4.79. The number of likely N-dealkylation sites (tertiary alicyclic amines) is 1. The Morgan fingerprint density at radius 1 is 1.13 bits per heavy atom.